The Morgan fingerprint density at radius 1 is 0.420 bits per heavy atom. The van der Waals surface area contributed by atoms with Gasteiger partial charge in [0.05, 0.1) is 11.0 Å². The fraction of sp³-hybridized carbons (Fsp3) is 0. The number of fused-ring (bicyclic) bond motifs is 11. The molecule has 3 heterocycles. The van der Waals surface area contributed by atoms with Crippen LogP contribution in [0.5, 0.6) is 0 Å². The van der Waals surface area contributed by atoms with E-state index in [0.717, 1.165) is 44.7 Å². The average Bonchev–Trinajstić information content (AvgIpc) is 3.84. The summed E-state index contributed by atoms with van der Waals surface area (Å²) in [4.78, 5) is 2.38. The van der Waals surface area contributed by atoms with Crippen molar-refractivity contribution >= 4 is 103 Å². The Kier molecular flexibility index (Phi) is 5.83. The summed E-state index contributed by atoms with van der Waals surface area (Å²) in [6, 6.07) is 61.3. The van der Waals surface area contributed by atoms with E-state index in [1.54, 1.807) is 0 Å². The van der Waals surface area contributed by atoms with Crippen molar-refractivity contribution in [1.29, 1.82) is 0 Å². The zero-order chi connectivity index (χ0) is 32.8. The van der Waals surface area contributed by atoms with Crippen LogP contribution in [0.2, 0.25) is 0 Å². The van der Waals surface area contributed by atoms with E-state index in [1.165, 1.54) is 52.8 Å². The number of aromatic nitrogens is 1. The fourth-order valence-corrected chi connectivity index (χ4v) is 9.16. The highest BCUT2D eigenvalue weighted by Gasteiger charge is 2.20. The summed E-state index contributed by atoms with van der Waals surface area (Å²) in [5.74, 6) is 0. The molecule has 0 unspecified atom stereocenters. The third kappa shape index (κ3) is 4.03. The Hall–Kier alpha value is -6.36. The van der Waals surface area contributed by atoms with Crippen molar-refractivity contribution in [2.75, 3.05) is 4.90 Å². The Morgan fingerprint density at radius 3 is 1.92 bits per heavy atom. The molecule has 234 valence electrons. The first-order chi connectivity index (χ1) is 24.8. The lowest BCUT2D eigenvalue weighted by Crippen LogP contribution is -2.10. The molecule has 3 nitrogen and oxygen atoms in total. The number of nitrogens with zero attached hydrogens (tertiary/aromatic N) is 2. The second-order valence-electron chi connectivity index (χ2n) is 12.9. The maximum absolute atomic E-state index is 6.42. The standard InChI is InChI=1S/C46H28N2OS/c1-2-11-30(12-3-1)48-41-16-8-6-14-35(41)36-23-19-31(26-42(36)48)47(32-20-24-38-37-15-7-9-17-43(37)49-44(38)27-32)33-21-25-39-40-22-18-29-10-4-5-13-34(29)46(40)50-45(39)28-33/h1-28H. The van der Waals surface area contributed by atoms with E-state index in [4.69, 9.17) is 4.42 Å². The molecule has 0 amide bonds. The lowest BCUT2D eigenvalue weighted by molar-refractivity contribution is 0.669. The summed E-state index contributed by atoms with van der Waals surface area (Å²) in [7, 11) is 0. The van der Waals surface area contributed by atoms with Crippen molar-refractivity contribution < 1.29 is 4.42 Å². The van der Waals surface area contributed by atoms with Crippen LogP contribution < -0.4 is 4.90 Å². The van der Waals surface area contributed by atoms with E-state index in [0.29, 0.717) is 0 Å². The Morgan fingerprint density at radius 2 is 1.04 bits per heavy atom. The van der Waals surface area contributed by atoms with Gasteiger partial charge in [-0.2, -0.15) is 0 Å². The molecule has 50 heavy (non-hydrogen) atoms. The summed E-state index contributed by atoms with van der Waals surface area (Å²) >= 11 is 1.87. The molecule has 0 aliphatic carbocycles. The molecule has 0 saturated carbocycles. The van der Waals surface area contributed by atoms with Gasteiger partial charge in [-0.15, -0.1) is 11.3 Å². The number of rotatable bonds is 4. The first kappa shape index (κ1) is 27.6. The van der Waals surface area contributed by atoms with Crippen molar-refractivity contribution in [3.05, 3.63) is 170 Å². The number of hydrogen-bond donors (Lipinski definition) is 0. The second kappa shape index (κ2) is 10.6. The molecule has 11 rings (SSSR count). The van der Waals surface area contributed by atoms with Gasteiger partial charge >= 0.3 is 0 Å². The molecule has 0 atom stereocenters. The van der Waals surface area contributed by atoms with Crippen LogP contribution in [0.25, 0.3) is 80.4 Å². The summed E-state index contributed by atoms with van der Waals surface area (Å²) in [6.07, 6.45) is 0. The molecule has 11 aromatic rings. The third-order valence-corrected chi connectivity index (χ3v) is 11.4. The van der Waals surface area contributed by atoms with Crippen LogP contribution in [0.4, 0.5) is 17.1 Å². The zero-order valence-electron chi connectivity index (χ0n) is 26.9. The number of thiophene rings is 1. The van der Waals surface area contributed by atoms with Crippen LogP contribution in [0.3, 0.4) is 0 Å². The lowest BCUT2D eigenvalue weighted by atomic mass is 10.1. The highest BCUT2D eigenvalue weighted by Crippen LogP contribution is 2.45. The molecule has 0 N–H and O–H groups in total. The largest absolute Gasteiger partial charge is 0.456 e. The van der Waals surface area contributed by atoms with E-state index < -0.39 is 0 Å². The molecule has 0 fully saturated rings. The monoisotopic (exact) mass is 656 g/mol. The maximum Gasteiger partial charge on any atom is 0.137 e. The van der Waals surface area contributed by atoms with Gasteiger partial charge in [-0.25, -0.2) is 0 Å². The summed E-state index contributed by atoms with van der Waals surface area (Å²) in [5.41, 5.74) is 8.51. The zero-order valence-corrected chi connectivity index (χ0v) is 27.7. The van der Waals surface area contributed by atoms with Crippen molar-refractivity contribution in [3.8, 4) is 5.69 Å². The van der Waals surface area contributed by atoms with Crippen LogP contribution in [-0.2, 0) is 0 Å². The van der Waals surface area contributed by atoms with E-state index in [2.05, 4.69) is 167 Å². The molecule has 0 saturated heterocycles. The van der Waals surface area contributed by atoms with E-state index in [-0.39, 0.29) is 0 Å². The van der Waals surface area contributed by atoms with Gasteiger partial charge in [0, 0.05) is 70.5 Å². The topological polar surface area (TPSA) is 21.3 Å². The summed E-state index contributed by atoms with van der Waals surface area (Å²) in [5, 5.41) is 9.89. The molecule has 0 radical (unpaired) electrons. The Balaban J connectivity index is 1.17. The van der Waals surface area contributed by atoms with Gasteiger partial charge < -0.3 is 13.9 Å². The molecule has 0 bridgehead atoms. The highest BCUT2D eigenvalue weighted by molar-refractivity contribution is 7.26. The Labute approximate surface area is 291 Å². The number of benzene rings is 8. The van der Waals surface area contributed by atoms with Gasteiger partial charge in [-0.05, 0) is 71.4 Å². The van der Waals surface area contributed by atoms with E-state index in [9.17, 15) is 0 Å². The minimum Gasteiger partial charge on any atom is -0.456 e. The maximum atomic E-state index is 6.42. The molecular weight excluding hydrogens is 629 g/mol. The third-order valence-electron chi connectivity index (χ3n) is 10.2. The van der Waals surface area contributed by atoms with Gasteiger partial charge in [-0.3, -0.25) is 0 Å². The van der Waals surface area contributed by atoms with Crippen LogP contribution in [0.15, 0.2) is 174 Å². The van der Waals surface area contributed by atoms with Crippen molar-refractivity contribution in [2.24, 2.45) is 0 Å². The first-order valence-corrected chi connectivity index (χ1v) is 17.7. The SMILES string of the molecule is c1ccc(-n2c3ccccc3c3ccc(N(c4ccc5c(c4)oc4ccccc45)c4ccc5c(c4)sc4c6ccccc6ccc54)cc32)cc1. The van der Waals surface area contributed by atoms with Crippen LogP contribution in [0, 0.1) is 0 Å². The summed E-state index contributed by atoms with van der Waals surface area (Å²) < 4.78 is 11.4. The van der Waals surface area contributed by atoms with Gasteiger partial charge in [0.15, 0.2) is 0 Å². The number of furan rings is 1. The number of hydrogen-bond acceptors (Lipinski definition) is 3. The van der Waals surface area contributed by atoms with Crippen LogP contribution in [-0.4, -0.2) is 4.57 Å². The predicted molar refractivity (Wildman–Crippen MR) is 213 cm³/mol. The lowest BCUT2D eigenvalue weighted by Gasteiger charge is -2.26. The van der Waals surface area contributed by atoms with E-state index in [1.807, 2.05) is 23.5 Å². The molecule has 4 heteroatoms. The molecule has 0 aliphatic rings. The minimum atomic E-state index is 0.877. The van der Waals surface area contributed by atoms with Gasteiger partial charge in [0.2, 0.25) is 0 Å². The number of anilines is 3. The smallest absolute Gasteiger partial charge is 0.137 e. The van der Waals surface area contributed by atoms with Crippen molar-refractivity contribution in [1.82, 2.24) is 4.57 Å². The van der Waals surface area contributed by atoms with Gasteiger partial charge in [-0.1, -0.05) is 103 Å². The molecular formula is C46H28N2OS. The highest BCUT2D eigenvalue weighted by atomic mass is 32.1. The normalized spacial score (nSPS) is 12.0. The van der Waals surface area contributed by atoms with Crippen LogP contribution >= 0.6 is 11.3 Å². The van der Waals surface area contributed by atoms with Crippen molar-refractivity contribution in [2.45, 2.75) is 0 Å². The minimum absolute atomic E-state index is 0.877. The summed E-state index contributed by atoms with van der Waals surface area (Å²) in [6.45, 7) is 0. The molecule has 3 aromatic heterocycles. The predicted octanol–water partition coefficient (Wildman–Crippen LogP) is 13.7. The fourth-order valence-electron chi connectivity index (χ4n) is 7.89. The number of para-hydroxylation sites is 3. The molecule has 0 aliphatic heterocycles. The molecule has 0 spiro atoms. The average molecular weight is 657 g/mol. The van der Waals surface area contributed by atoms with Crippen molar-refractivity contribution in [3.63, 3.8) is 0 Å². The van der Waals surface area contributed by atoms with Gasteiger partial charge in [0.1, 0.15) is 11.2 Å². The quantitative estimate of drug-likeness (QED) is 0.188. The van der Waals surface area contributed by atoms with Gasteiger partial charge in [0.25, 0.3) is 0 Å². The first-order valence-electron chi connectivity index (χ1n) is 16.9. The second-order valence-corrected chi connectivity index (χ2v) is 14.0. The van der Waals surface area contributed by atoms with E-state index >= 15 is 0 Å². The molecule has 8 aromatic carbocycles. The van der Waals surface area contributed by atoms with Crippen LogP contribution in [0.1, 0.15) is 0 Å². The Bertz CT molecular complexity index is 3110.